The molecule has 0 fully saturated rings. The second-order valence-electron chi connectivity index (χ2n) is 17.5. The van der Waals surface area contributed by atoms with Gasteiger partial charge in [0, 0.05) is 23.3 Å². The second kappa shape index (κ2) is 10.9. The van der Waals surface area contributed by atoms with Gasteiger partial charge in [-0.1, -0.05) is 126 Å². The van der Waals surface area contributed by atoms with E-state index in [-0.39, 0.29) is 10.8 Å². The number of nitrogens with zero attached hydrogens (tertiary/aromatic N) is 3. The molecule has 4 heteroatoms. The molecule has 0 saturated heterocycles. The van der Waals surface area contributed by atoms with Gasteiger partial charge in [-0.25, -0.2) is 0 Å². The van der Waals surface area contributed by atoms with Gasteiger partial charge in [0.15, 0.2) is 17.2 Å². The maximum absolute atomic E-state index is 7.61. The average Bonchev–Trinajstić information content (AvgIpc) is 3.69. The number of imidazole rings is 1. The summed E-state index contributed by atoms with van der Waals surface area (Å²) < 4.78 is 15.0. The van der Waals surface area contributed by atoms with Crippen LogP contribution in [0.3, 0.4) is 0 Å². The van der Waals surface area contributed by atoms with Crippen LogP contribution in [0, 0.1) is 0 Å². The van der Waals surface area contributed by atoms with Crippen molar-refractivity contribution in [1.29, 1.82) is 0 Å². The fraction of sp³-hybridized carbons (Fsp3) is 0.176. The molecule has 0 bridgehead atoms. The molecule has 266 valence electrons. The van der Waals surface area contributed by atoms with Crippen LogP contribution in [0.2, 0.25) is 0 Å². The molecule has 55 heavy (non-hydrogen) atoms. The molecule has 0 saturated carbocycles. The third-order valence-corrected chi connectivity index (χ3v) is 12.0. The van der Waals surface area contributed by atoms with E-state index in [0.29, 0.717) is 0 Å². The third-order valence-electron chi connectivity index (χ3n) is 12.0. The molecule has 5 heterocycles. The maximum atomic E-state index is 7.61. The number of rotatable bonds is 3. The summed E-state index contributed by atoms with van der Waals surface area (Å²) in [5.74, 6) is 0.991. The molecule has 1 unspecified atom stereocenters. The summed E-state index contributed by atoms with van der Waals surface area (Å²) in [6, 6.07) is 53.6. The van der Waals surface area contributed by atoms with E-state index < -0.39 is 5.85 Å². The molecule has 8 aromatic rings. The van der Waals surface area contributed by atoms with Crippen molar-refractivity contribution in [2.24, 2.45) is 0 Å². The van der Waals surface area contributed by atoms with Crippen LogP contribution < -0.4 is 13.9 Å². The van der Waals surface area contributed by atoms with Gasteiger partial charge in [-0.2, -0.15) is 4.57 Å². The second-order valence-corrected chi connectivity index (χ2v) is 17.5. The third kappa shape index (κ3) is 4.40. The highest BCUT2D eigenvalue weighted by Crippen LogP contribution is 2.54. The molecule has 0 radical (unpaired) electrons. The zero-order valence-corrected chi connectivity index (χ0v) is 32.2. The Hall–Kier alpha value is -6.26. The topological polar surface area (TPSA) is 21.9 Å². The van der Waals surface area contributed by atoms with Gasteiger partial charge in [0.1, 0.15) is 22.6 Å². The van der Waals surface area contributed by atoms with Crippen LogP contribution in [0.25, 0.3) is 72.7 Å². The molecule has 1 atom stereocenters. The van der Waals surface area contributed by atoms with Crippen molar-refractivity contribution in [3.63, 3.8) is 0 Å². The van der Waals surface area contributed by atoms with Crippen molar-refractivity contribution in [1.82, 2.24) is 4.57 Å². The number of hydrogen-bond acceptors (Lipinski definition) is 1. The van der Waals surface area contributed by atoms with Gasteiger partial charge in [-0.15, -0.1) is 9.13 Å². The highest BCUT2D eigenvalue weighted by Gasteiger charge is 2.68. The van der Waals surface area contributed by atoms with E-state index in [0.717, 1.165) is 34.0 Å². The highest BCUT2D eigenvalue weighted by molar-refractivity contribution is 5.98. The maximum Gasteiger partial charge on any atom is 0.499 e. The van der Waals surface area contributed by atoms with Gasteiger partial charge >= 0.3 is 11.7 Å². The molecule has 1 spiro atoms. The van der Waals surface area contributed by atoms with Crippen LogP contribution in [0.5, 0.6) is 5.75 Å². The Morgan fingerprint density at radius 2 is 1.16 bits per heavy atom. The Balaban J connectivity index is 1.31. The minimum atomic E-state index is -0.989. The van der Waals surface area contributed by atoms with Crippen LogP contribution in [0.15, 0.2) is 152 Å². The van der Waals surface area contributed by atoms with E-state index in [1.807, 2.05) is 0 Å². The lowest BCUT2D eigenvalue weighted by atomic mass is 9.80. The van der Waals surface area contributed by atoms with E-state index in [4.69, 9.17) is 4.74 Å². The molecule has 4 nitrogen and oxygen atoms in total. The van der Waals surface area contributed by atoms with E-state index in [9.17, 15) is 0 Å². The van der Waals surface area contributed by atoms with Gasteiger partial charge < -0.3 is 4.74 Å². The summed E-state index contributed by atoms with van der Waals surface area (Å²) in [6.45, 7) is 13.9. The number of benzene rings is 6. The normalized spacial score (nSPS) is 16.0. The molecule has 0 N–H and O–H groups in total. The lowest BCUT2D eigenvalue weighted by Crippen LogP contribution is -2.78. The first-order valence-electron chi connectivity index (χ1n) is 19.4. The highest BCUT2D eigenvalue weighted by atomic mass is 16.5. The fourth-order valence-electron chi connectivity index (χ4n) is 9.25. The van der Waals surface area contributed by atoms with Gasteiger partial charge in [0.2, 0.25) is 5.69 Å². The van der Waals surface area contributed by atoms with Gasteiger partial charge in [0.25, 0.3) is 0 Å². The molecule has 11 rings (SSSR count). The number of para-hydroxylation sites is 2. The Kier molecular flexibility index (Phi) is 6.39. The van der Waals surface area contributed by atoms with E-state index in [2.05, 4.69) is 207 Å². The fourth-order valence-corrected chi connectivity index (χ4v) is 9.25. The molecule has 0 amide bonds. The van der Waals surface area contributed by atoms with Crippen molar-refractivity contribution >= 4 is 11.0 Å². The summed E-state index contributed by atoms with van der Waals surface area (Å²) in [5, 5.41) is 0. The zero-order valence-electron chi connectivity index (χ0n) is 32.2. The van der Waals surface area contributed by atoms with Gasteiger partial charge in [-0.3, -0.25) is 0 Å². The summed E-state index contributed by atoms with van der Waals surface area (Å²) in [5.41, 5.74) is 17.8. The van der Waals surface area contributed by atoms with Crippen LogP contribution in [-0.2, 0) is 16.7 Å². The number of fused-ring (bicyclic) bond motifs is 5. The average molecular weight is 714 g/mol. The van der Waals surface area contributed by atoms with Crippen LogP contribution in [0.1, 0.15) is 58.2 Å². The van der Waals surface area contributed by atoms with Gasteiger partial charge in [-0.05, 0) is 92.7 Å². The molecule has 2 aromatic heterocycles. The van der Waals surface area contributed by atoms with Crippen LogP contribution >= 0.6 is 0 Å². The van der Waals surface area contributed by atoms with E-state index in [1.54, 1.807) is 0 Å². The monoisotopic (exact) mass is 713 g/mol. The number of hydrogen-bond donors (Lipinski definition) is 0. The molecular weight excluding hydrogens is 671 g/mol. The minimum Gasteiger partial charge on any atom is -0.392 e. The summed E-state index contributed by atoms with van der Waals surface area (Å²) in [7, 11) is 0. The number of ether oxygens (including phenoxy) is 1. The first kappa shape index (κ1) is 32.2. The van der Waals surface area contributed by atoms with Crippen molar-refractivity contribution in [2.45, 2.75) is 58.2 Å². The molecule has 0 aliphatic carbocycles. The van der Waals surface area contributed by atoms with Crippen molar-refractivity contribution in [2.75, 3.05) is 0 Å². The standard InChI is InChI=1S/C51H43N3O/c1-49(2,3)36-26-35(33-18-11-8-12-19-33)27-38(29-36)53-43-22-15-21-39-41-30-37(50(4,5)6)31-42-44-28-34(32-16-9-7-10-17-32)24-25-52(44)51(46(41)42)54(47(39)43)48(53)40-20-13-14-23-45(40)55-51/h7-31H,1-6H3/q+2. The lowest BCUT2D eigenvalue weighted by molar-refractivity contribution is -0.997. The Morgan fingerprint density at radius 1 is 0.527 bits per heavy atom. The van der Waals surface area contributed by atoms with E-state index in [1.165, 1.54) is 61.2 Å². The zero-order chi connectivity index (χ0) is 37.4. The van der Waals surface area contributed by atoms with Crippen molar-refractivity contribution < 1.29 is 13.9 Å². The first-order valence-corrected chi connectivity index (χ1v) is 19.4. The van der Waals surface area contributed by atoms with Gasteiger partial charge in [0.05, 0.1) is 5.56 Å². The van der Waals surface area contributed by atoms with Crippen molar-refractivity contribution in [3.8, 4) is 67.5 Å². The smallest absolute Gasteiger partial charge is 0.392 e. The minimum absolute atomic E-state index is 0.0666. The molecule has 6 aromatic carbocycles. The molecular formula is C51H43N3O+2. The van der Waals surface area contributed by atoms with E-state index >= 15 is 0 Å². The number of pyridine rings is 1. The molecule has 3 aliphatic rings. The predicted molar refractivity (Wildman–Crippen MR) is 221 cm³/mol. The largest absolute Gasteiger partial charge is 0.499 e. The Labute approximate surface area is 322 Å². The summed E-state index contributed by atoms with van der Waals surface area (Å²) >= 11 is 0. The number of aromatic nitrogens is 3. The van der Waals surface area contributed by atoms with Crippen LogP contribution in [0.4, 0.5) is 0 Å². The SMILES string of the molecule is CC(C)(C)c1cc(-c2ccccc2)cc(-n2c3[n+]4c5c(cccc52)-c2cc(C(C)(C)C)cc5c2C4(Oc2ccccc2-3)[n+]2ccc(-c3ccccc3)cc2-5)c1. The summed E-state index contributed by atoms with van der Waals surface area (Å²) in [6.07, 6.45) is 2.26. The summed E-state index contributed by atoms with van der Waals surface area (Å²) in [4.78, 5) is 0. The Bertz CT molecular complexity index is 2910. The lowest BCUT2D eigenvalue weighted by Gasteiger charge is -2.32. The quantitative estimate of drug-likeness (QED) is 0.167. The van der Waals surface area contributed by atoms with Crippen molar-refractivity contribution in [3.05, 3.63) is 168 Å². The molecule has 3 aliphatic heterocycles. The van der Waals surface area contributed by atoms with Crippen LogP contribution in [-0.4, -0.2) is 4.57 Å². The first-order chi connectivity index (χ1) is 26.5. The Morgan fingerprint density at radius 3 is 1.89 bits per heavy atom. The predicted octanol–water partition coefficient (Wildman–Crippen LogP) is 11.4.